The first-order chi connectivity index (χ1) is 9.22. The Morgan fingerprint density at radius 1 is 1.05 bits per heavy atom. The van der Waals surface area contributed by atoms with Crippen molar-refractivity contribution >= 4 is 23.9 Å². The molecule has 0 aliphatic heterocycles. The Labute approximate surface area is 115 Å². The van der Waals surface area contributed by atoms with Crippen LogP contribution >= 0.6 is 0 Å². The summed E-state index contributed by atoms with van der Waals surface area (Å²) in [6.07, 6.45) is -0.624. The molecule has 0 aliphatic rings. The molecule has 0 rings (SSSR count). The van der Waals surface area contributed by atoms with Crippen LogP contribution in [0.3, 0.4) is 0 Å². The molecule has 9 nitrogen and oxygen atoms in total. The number of carboxylic acids is 2. The van der Waals surface area contributed by atoms with E-state index < -0.39 is 29.9 Å². The van der Waals surface area contributed by atoms with Crippen molar-refractivity contribution in [3.8, 4) is 0 Å². The van der Waals surface area contributed by atoms with Gasteiger partial charge in [-0.25, -0.2) is 9.59 Å². The van der Waals surface area contributed by atoms with Crippen molar-refractivity contribution in [2.24, 2.45) is 0 Å². The second-order valence-electron chi connectivity index (χ2n) is 4.37. The van der Waals surface area contributed by atoms with Crippen molar-refractivity contribution in [3.63, 3.8) is 0 Å². The van der Waals surface area contributed by atoms with Crippen LogP contribution in [-0.2, 0) is 14.4 Å². The first-order valence-corrected chi connectivity index (χ1v) is 6.00. The standard InChI is InChI=1S/C11H19N3O6/c1-6(2)13-8(15)5-12-11(20)14-7(10(18)19)3-4-9(16)17/h6-7H,3-5H2,1-2H3,(H,13,15)(H,16,17)(H,18,19)(H2,12,14,20). The summed E-state index contributed by atoms with van der Waals surface area (Å²) in [6.45, 7) is 3.21. The molecule has 114 valence electrons. The summed E-state index contributed by atoms with van der Waals surface area (Å²) in [7, 11) is 0. The van der Waals surface area contributed by atoms with Crippen LogP contribution in [-0.4, -0.2) is 52.7 Å². The van der Waals surface area contributed by atoms with Gasteiger partial charge in [-0.05, 0) is 20.3 Å². The van der Waals surface area contributed by atoms with Crippen LogP contribution in [0, 0.1) is 0 Å². The minimum Gasteiger partial charge on any atom is -0.481 e. The van der Waals surface area contributed by atoms with E-state index in [0.29, 0.717) is 0 Å². The first-order valence-electron chi connectivity index (χ1n) is 6.00. The van der Waals surface area contributed by atoms with Gasteiger partial charge in [-0.3, -0.25) is 9.59 Å². The predicted octanol–water partition coefficient (Wildman–Crippen LogP) is -0.872. The van der Waals surface area contributed by atoms with Crippen LogP contribution in [0.15, 0.2) is 0 Å². The largest absolute Gasteiger partial charge is 0.481 e. The van der Waals surface area contributed by atoms with Gasteiger partial charge in [0, 0.05) is 12.5 Å². The smallest absolute Gasteiger partial charge is 0.326 e. The zero-order valence-electron chi connectivity index (χ0n) is 11.3. The Morgan fingerprint density at radius 3 is 2.10 bits per heavy atom. The van der Waals surface area contributed by atoms with Gasteiger partial charge in [0.15, 0.2) is 0 Å². The Balaban J connectivity index is 4.16. The number of hydrogen-bond acceptors (Lipinski definition) is 4. The zero-order valence-corrected chi connectivity index (χ0v) is 11.3. The van der Waals surface area contributed by atoms with Crippen LogP contribution in [0.4, 0.5) is 4.79 Å². The van der Waals surface area contributed by atoms with Gasteiger partial charge in [0.1, 0.15) is 6.04 Å². The number of hydrogen-bond donors (Lipinski definition) is 5. The van der Waals surface area contributed by atoms with Crippen LogP contribution in [0.5, 0.6) is 0 Å². The zero-order chi connectivity index (χ0) is 15.7. The molecule has 0 aromatic rings. The van der Waals surface area contributed by atoms with Crippen LogP contribution < -0.4 is 16.0 Å². The van der Waals surface area contributed by atoms with Crippen molar-refractivity contribution in [1.29, 1.82) is 0 Å². The summed E-state index contributed by atoms with van der Waals surface area (Å²) in [5.41, 5.74) is 0. The number of amides is 3. The molecule has 0 saturated heterocycles. The van der Waals surface area contributed by atoms with Crippen molar-refractivity contribution in [3.05, 3.63) is 0 Å². The molecule has 0 aliphatic carbocycles. The highest BCUT2D eigenvalue weighted by Gasteiger charge is 2.21. The van der Waals surface area contributed by atoms with Gasteiger partial charge in [0.25, 0.3) is 0 Å². The van der Waals surface area contributed by atoms with E-state index in [9.17, 15) is 19.2 Å². The number of carbonyl (C=O) groups is 4. The van der Waals surface area contributed by atoms with E-state index in [1.165, 1.54) is 0 Å². The number of aliphatic carboxylic acids is 2. The highest BCUT2D eigenvalue weighted by Crippen LogP contribution is 1.97. The van der Waals surface area contributed by atoms with Gasteiger partial charge in [-0.1, -0.05) is 0 Å². The lowest BCUT2D eigenvalue weighted by molar-refractivity contribution is -0.140. The minimum atomic E-state index is -1.34. The van der Waals surface area contributed by atoms with E-state index in [-0.39, 0.29) is 25.4 Å². The Morgan fingerprint density at radius 2 is 1.65 bits per heavy atom. The number of rotatable bonds is 8. The highest BCUT2D eigenvalue weighted by molar-refractivity contribution is 5.86. The van der Waals surface area contributed by atoms with Crippen molar-refractivity contribution in [2.75, 3.05) is 6.54 Å². The van der Waals surface area contributed by atoms with E-state index in [2.05, 4.69) is 16.0 Å². The molecule has 0 aromatic carbocycles. The molecule has 0 bridgehead atoms. The fraction of sp³-hybridized carbons (Fsp3) is 0.636. The van der Waals surface area contributed by atoms with E-state index in [1.807, 2.05) is 0 Å². The second-order valence-corrected chi connectivity index (χ2v) is 4.37. The van der Waals surface area contributed by atoms with Gasteiger partial charge in [0.2, 0.25) is 5.91 Å². The molecular formula is C11H19N3O6. The van der Waals surface area contributed by atoms with E-state index in [1.54, 1.807) is 13.8 Å². The third kappa shape index (κ3) is 8.72. The SMILES string of the molecule is CC(C)NC(=O)CNC(=O)NC(CCC(=O)O)C(=O)O. The first kappa shape index (κ1) is 17.7. The normalized spacial score (nSPS) is 11.6. The summed E-state index contributed by atoms with van der Waals surface area (Å²) in [6, 6.07) is -2.24. The Hall–Kier alpha value is -2.32. The molecule has 0 fully saturated rings. The Kier molecular flexibility index (Phi) is 7.71. The highest BCUT2D eigenvalue weighted by atomic mass is 16.4. The maximum Gasteiger partial charge on any atom is 0.326 e. The third-order valence-electron chi connectivity index (χ3n) is 2.11. The van der Waals surface area contributed by atoms with Gasteiger partial charge in [-0.15, -0.1) is 0 Å². The van der Waals surface area contributed by atoms with E-state index in [0.717, 1.165) is 0 Å². The van der Waals surface area contributed by atoms with Crippen LogP contribution in [0.1, 0.15) is 26.7 Å². The topological polar surface area (TPSA) is 145 Å². The molecule has 9 heteroatoms. The summed E-state index contributed by atoms with van der Waals surface area (Å²) in [5, 5.41) is 24.1. The maximum atomic E-state index is 11.4. The molecule has 20 heavy (non-hydrogen) atoms. The molecule has 1 unspecified atom stereocenters. The van der Waals surface area contributed by atoms with Crippen LogP contribution in [0.2, 0.25) is 0 Å². The quantitative estimate of drug-likeness (QED) is 0.392. The lowest BCUT2D eigenvalue weighted by Crippen LogP contribution is -2.49. The number of carboxylic acid groups (broad SMARTS) is 2. The lowest BCUT2D eigenvalue weighted by Gasteiger charge is -2.14. The number of nitrogens with one attached hydrogen (secondary N) is 3. The summed E-state index contributed by atoms with van der Waals surface area (Å²) >= 11 is 0. The van der Waals surface area contributed by atoms with Crippen molar-refractivity contribution in [2.45, 2.75) is 38.8 Å². The maximum absolute atomic E-state index is 11.4. The second kappa shape index (κ2) is 8.73. The van der Waals surface area contributed by atoms with Gasteiger partial charge < -0.3 is 26.2 Å². The monoisotopic (exact) mass is 289 g/mol. The molecule has 0 radical (unpaired) electrons. The fourth-order valence-corrected chi connectivity index (χ4v) is 1.27. The average molecular weight is 289 g/mol. The summed E-state index contributed by atoms with van der Waals surface area (Å²) in [5.74, 6) is -2.91. The van der Waals surface area contributed by atoms with Gasteiger partial charge in [0.05, 0.1) is 6.54 Å². The molecule has 5 N–H and O–H groups in total. The molecule has 0 saturated carbocycles. The van der Waals surface area contributed by atoms with Crippen molar-refractivity contribution < 1.29 is 29.4 Å². The van der Waals surface area contributed by atoms with Gasteiger partial charge in [-0.2, -0.15) is 0 Å². The van der Waals surface area contributed by atoms with E-state index in [4.69, 9.17) is 10.2 Å². The average Bonchev–Trinajstić information content (AvgIpc) is 2.30. The minimum absolute atomic E-state index is 0.0744. The van der Waals surface area contributed by atoms with E-state index >= 15 is 0 Å². The van der Waals surface area contributed by atoms with Crippen molar-refractivity contribution in [1.82, 2.24) is 16.0 Å². The molecular weight excluding hydrogens is 270 g/mol. The third-order valence-corrected chi connectivity index (χ3v) is 2.11. The lowest BCUT2D eigenvalue weighted by atomic mass is 10.1. The molecule has 0 heterocycles. The number of carbonyl (C=O) groups excluding carboxylic acids is 2. The molecule has 1 atom stereocenters. The summed E-state index contributed by atoms with van der Waals surface area (Å²) in [4.78, 5) is 43.8. The number of urea groups is 1. The summed E-state index contributed by atoms with van der Waals surface area (Å²) < 4.78 is 0. The fourth-order valence-electron chi connectivity index (χ4n) is 1.27. The van der Waals surface area contributed by atoms with Crippen LogP contribution in [0.25, 0.3) is 0 Å². The predicted molar refractivity (Wildman–Crippen MR) is 68.1 cm³/mol. The molecule has 3 amide bonds. The van der Waals surface area contributed by atoms with Gasteiger partial charge >= 0.3 is 18.0 Å². The Bertz CT molecular complexity index is 382. The molecule has 0 spiro atoms. The molecule has 0 aromatic heterocycles.